The fourth-order valence-electron chi connectivity index (χ4n) is 1.74. The molecule has 0 saturated heterocycles. The van der Waals surface area contributed by atoms with Crippen LogP contribution < -0.4 is 10.1 Å². The molecule has 0 aromatic heterocycles. The van der Waals surface area contributed by atoms with Gasteiger partial charge in [-0.05, 0) is 56.3 Å². The van der Waals surface area contributed by atoms with Crippen molar-refractivity contribution in [3.8, 4) is 5.75 Å². The Morgan fingerprint density at radius 2 is 1.76 bits per heavy atom. The van der Waals surface area contributed by atoms with Crippen molar-refractivity contribution in [2.45, 2.75) is 20.0 Å². The van der Waals surface area contributed by atoms with Crippen LogP contribution in [0.25, 0.3) is 0 Å². The molecule has 0 saturated carbocycles. The highest BCUT2D eigenvalue weighted by atomic mass is 35.5. The van der Waals surface area contributed by atoms with Crippen molar-refractivity contribution in [2.75, 3.05) is 5.32 Å². The summed E-state index contributed by atoms with van der Waals surface area (Å²) in [6.07, 6.45) is 0.0950. The van der Waals surface area contributed by atoms with Crippen LogP contribution in [0.2, 0.25) is 10.0 Å². The molecule has 1 N–H and O–H groups in total. The first-order chi connectivity index (χ1) is 9.95. The molecule has 110 valence electrons. The third kappa shape index (κ3) is 4.38. The molecule has 0 bridgehead atoms. The highest BCUT2D eigenvalue weighted by molar-refractivity contribution is 6.36. The molecule has 5 heteroatoms. The van der Waals surface area contributed by atoms with Crippen LogP contribution in [0.5, 0.6) is 5.75 Å². The Kier molecular flexibility index (Phi) is 5.10. The van der Waals surface area contributed by atoms with Gasteiger partial charge in [0.15, 0.2) is 0 Å². The second-order valence-electron chi connectivity index (χ2n) is 4.77. The van der Waals surface area contributed by atoms with Gasteiger partial charge in [0, 0.05) is 10.6 Å². The lowest BCUT2D eigenvalue weighted by molar-refractivity contribution is 0.102. The molecular weight excluding hydrogens is 309 g/mol. The number of rotatable bonds is 4. The fraction of sp³-hybridized carbons (Fsp3) is 0.188. The van der Waals surface area contributed by atoms with Gasteiger partial charge in [-0.25, -0.2) is 0 Å². The molecule has 0 spiro atoms. The number of hydrogen-bond donors (Lipinski definition) is 1. The summed E-state index contributed by atoms with van der Waals surface area (Å²) < 4.78 is 5.53. The minimum Gasteiger partial charge on any atom is -0.491 e. The minimum atomic E-state index is -0.240. The largest absolute Gasteiger partial charge is 0.491 e. The SMILES string of the molecule is CC(C)Oc1ccc(C(=O)Nc2ccc(Cl)cc2Cl)cc1. The predicted octanol–water partition coefficient (Wildman–Crippen LogP) is 5.03. The van der Waals surface area contributed by atoms with E-state index in [9.17, 15) is 4.79 Å². The molecule has 3 nitrogen and oxygen atoms in total. The Hall–Kier alpha value is -1.71. The zero-order valence-electron chi connectivity index (χ0n) is 11.7. The molecule has 0 aliphatic heterocycles. The quantitative estimate of drug-likeness (QED) is 0.856. The van der Waals surface area contributed by atoms with Crippen LogP contribution in [0.4, 0.5) is 5.69 Å². The summed E-state index contributed by atoms with van der Waals surface area (Å²) in [5, 5.41) is 3.66. The molecule has 2 aromatic carbocycles. The van der Waals surface area contributed by atoms with Crippen molar-refractivity contribution < 1.29 is 9.53 Å². The fourth-order valence-corrected chi connectivity index (χ4v) is 2.20. The average molecular weight is 324 g/mol. The van der Waals surface area contributed by atoms with Crippen LogP contribution in [0.15, 0.2) is 42.5 Å². The van der Waals surface area contributed by atoms with Crippen molar-refractivity contribution >= 4 is 34.8 Å². The van der Waals surface area contributed by atoms with Crippen LogP contribution in [0.1, 0.15) is 24.2 Å². The molecule has 21 heavy (non-hydrogen) atoms. The number of amides is 1. The maximum Gasteiger partial charge on any atom is 0.255 e. The summed E-state index contributed by atoms with van der Waals surface area (Å²) in [5.41, 5.74) is 1.05. The number of ether oxygens (including phenoxy) is 1. The summed E-state index contributed by atoms with van der Waals surface area (Å²) >= 11 is 11.8. The van der Waals surface area contributed by atoms with Crippen molar-refractivity contribution in [2.24, 2.45) is 0 Å². The summed E-state index contributed by atoms with van der Waals surface area (Å²) in [6, 6.07) is 11.9. The highest BCUT2D eigenvalue weighted by Crippen LogP contribution is 2.26. The standard InChI is InChI=1S/C16H15Cl2NO2/c1-10(2)21-13-6-3-11(4-7-13)16(20)19-15-8-5-12(17)9-14(15)18/h3-10H,1-2H3,(H,19,20). The van der Waals surface area contributed by atoms with Gasteiger partial charge in [-0.3, -0.25) is 4.79 Å². The Morgan fingerprint density at radius 1 is 1.10 bits per heavy atom. The van der Waals surface area contributed by atoms with E-state index in [0.29, 0.717) is 21.3 Å². The molecule has 0 atom stereocenters. The number of anilines is 1. The molecule has 0 aliphatic rings. The van der Waals surface area contributed by atoms with Gasteiger partial charge in [-0.1, -0.05) is 23.2 Å². The summed E-state index contributed by atoms with van der Waals surface area (Å²) in [5.74, 6) is 0.487. The first kappa shape index (κ1) is 15.7. The van der Waals surface area contributed by atoms with E-state index in [2.05, 4.69) is 5.32 Å². The average Bonchev–Trinajstić information content (AvgIpc) is 2.42. The molecule has 2 rings (SSSR count). The third-order valence-electron chi connectivity index (χ3n) is 2.67. The number of carbonyl (C=O) groups is 1. The topological polar surface area (TPSA) is 38.3 Å². The number of carbonyl (C=O) groups excluding carboxylic acids is 1. The van der Waals surface area contributed by atoms with Gasteiger partial charge in [0.2, 0.25) is 0 Å². The molecule has 2 aromatic rings. The Labute approximate surface area is 133 Å². The van der Waals surface area contributed by atoms with E-state index in [4.69, 9.17) is 27.9 Å². The van der Waals surface area contributed by atoms with Gasteiger partial charge in [-0.2, -0.15) is 0 Å². The van der Waals surface area contributed by atoms with Gasteiger partial charge >= 0.3 is 0 Å². The lowest BCUT2D eigenvalue weighted by Gasteiger charge is -2.11. The van der Waals surface area contributed by atoms with Crippen molar-refractivity contribution in [3.05, 3.63) is 58.1 Å². The van der Waals surface area contributed by atoms with E-state index in [1.54, 1.807) is 42.5 Å². The van der Waals surface area contributed by atoms with Crippen LogP contribution in [0.3, 0.4) is 0 Å². The maximum absolute atomic E-state index is 12.1. The molecular formula is C16H15Cl2NO2. The monoisotopic (exact) mass is 323 g/mol. The van der Waals surface area contributed by atoms with Crippen LogP contribution >= 0.6 is 23.2 Å². The highest BCUT2D eigenvalue weighted by Gasteiger charge is 2.09. The molecule has 0 fully saturated rings. The van der Waals surface area contributed by atoms with E-state index < -0.39 is 0 Å². The van der Waals surface area contributed by atoms with Gasteiger partial charge in [-0.15, -0.1) is 0 Å². The number of hydrogen-bond acceptors (Lipinski definition) is 2. The molecule has 1 amide bonds. The summed E-state index contributed by atoms with van der Waals surface area (Å²) in [7, 11) is 0. The maximum atomic E-state index is 12.1. The Balaban J connectivity index is 2.09. The predicted molar refractivity (Wildman–Crippen MR) is 86.6 cm³/mol. The lowest BCUT2D eigenvalue weighted by atomic mass is 10.2. The molecule has 0 aliphatic carbocycles. The zero-order chi connectivity index (χ0) is 15.4. The Morgan fingerprint density at radius 3 is 2.33 bits per heavy atom. The van der Waals surface area contributed by atoms with Crippen molar-refractivity contribution in [1.29, 1.82) is 0 Å². The van der Waals surface area contributed by atoms with E-state index in [-0.39, 0.29) is 12.0 Å². The van der Waals surface area contributed by atoms with Gasteiger partial charge in [0.25, 0.3) is 5.91 Å². The van der Waals surface area contributed by atoms with E-state index >= 15 is 0 Å². The number of nitrogens with one attached hydrogen (secondary N) is 1. The molecule has 0 radical (unpaired) electrons. The van der Waals surface area contributed by atoms with Crippen LogP contribution in [-0.4, -0.2) is 12.0 Å². The second-order valence-corrected chi connectivity index (χ2v) is 5.61. The normalized spacial score (nSPS) is 10.5. The summed E-state index contributed by atoms with van der Waals surface area (Å²) in [4.78, 5) is 12.1. The second kappa shape index (κ2) is 6.83. The van der Waals surface area contributed by atoms with Crippen LogP contribution in [0, 0.1) is 0 Å². The van der Waals surface area contributed by atoms with Gasteiger partial charge in [0.1, 0.15) is 5.75 Å². The van der Waals surface area contributed by atoms with Gasteiger partial charge in [0.05, 0.1) is 16.8 Å². The zero-order valence-corrected chi connectivity index (χ0v) is 13.2. The number of benzene rings is 2. The first-order valence-corrected chi connectivity index (χ1v) is 7.24. The van der Waals surface area contributed by atoms with E-state index in [1.165, 1.54) is 0 Å². The van der Waals surface area contributed by atoms with Crippen molar-refractivity contribution in [3.63, 3.8) is 0 Å². The minimum absolute atomic E-state index is 0.0950. The molecule has 0 heterocycles. The number of halogens is 2. The third-order valence-corrected chi connectivity index (χ3v) is 3.22. The van der Waals surface area contributed by atoms with Crippen molar-refractivity contribution in [1.82, 2.24) is 0 Å². The van der Waals surface area contributed by atoms with Gasteiger partial charge < -0.3 is 10.1 Å². The summed E-state index contributed by atoms with van der Waals surface area (Å²) in [6.45, 7) is 3.90. The first-order valence-electron chi connectivity index (χ1n) is 6.49. The smallest absolute Gasteiger partial charge is 0.255 e. The molecule has 0 unspecified atom stereocenters. The van der Waals surface area contributed by atoms with E-state index in [0.717, 1.165) is 5.75 Å². The Bertz CT molecular complexity index is 639. The van der Waals surface area contributed by atoms with E-state index in [1.807, 2.05) is 13.8 Å². The lowest BCUT2D eigenvalue weighted by Crippen LogP contribution is -2.12. The van der Waals surface area contributed by atoms with Crippen LogP contribution in [-0.2, 0) is 0 Å².